The molecule has 150 valence electrons. The van der Waals surface area contributed by atoms with Crippen molar-refractivity contribution in [3.63, 3.8) is 0 Å². The van der Waals surface area contributed by atoms with E-state index in [4.69, 9.17) is 0 Å². The van der Waals surface area contributed by atoms with Gasteiger partial charge in [0.2, 0.25) is 11.8 Å². The van der Waals surface area contributed by atoms with Crippen LogP contribution in [0.15, 0.2) is 24.3 Å². The van der Waals surface area contributed by atoms with Crippen molar-refractivity contribution in [2.75, 3.05) is 5.32 Å². The first-order valence-electron chi connectivity index (χ1n) is 10.5. The standard InChI is InChI=1S/C23H36N2O2/c1-15(2)19-9-11-20(12-10-19)24-22(26)13-16(3)14-23(27)25-21-8-6-7-17(4)18(21)5/h9-12,15-18,21H,6-8,13-14H2,1-5H3,(H,24,26)(H,25,27)/t16-,17+,18-,21-/m1/s1. The van der Waals surface area contributed by atoms with E-state index in [2.05, 4.69) is 38.3 Å². The lowest BCUT2D eigenvalue weighted by atomic mass is 9.78. The highest BCUT2D eigenvalue weighted by Gasteiger charge is 2.28. The highest BCUT2D eigenvalue weighted by atomic mass is 16.2. The van der Waals surface area contributed by atoms with Crippen LogP contribution in [0, 0.1) is 17.8 Å². The molecule has 1 saturated carbocycles. The van der Waals surface area contributed by atoms with Gasteiger partial charge in [0.25, 0.3) is 0 Å². The molecule has 1 aliphatic carbocycles. The van der Waals surface area contributed by atoms with Gasteiger partial charge in [0.05, 0.1) is 0 Å². The number of carbonyl (C=O) groups excluding carboxylic acids is 2. The summed E-state index contributed by atoms with van der Waals surface area (Å²) < 4.78 is 0. The van der Waals surface area contributed by atoms with Crippen LogP contribution in [0.25, 0.3) is 0 Å². The van der Waals surface area contributed by atoms with Gasteiger partial charge in [-0.15, -0.1) is 0 Å². The summed E-state index contributed by atoms with van der Waals surface area (Å²) in [6.07, 6.45) is 4.26. The van der Waals surface area contributed by atoms with Crippen molar-refractivity contribution < 1.29 is 9.59 Å². The minimum absolute atomic E-state index is 0.0243. The van der Waals surface area contributed by atoms with E-state index in [1.165, 1.54) is 18.4 Å². The Morgan fingerprint density at radius 3 is 2.26 bits per heavy atom. The summed E-state index contributed by atoms with van der Waals surface area (Å²) in [6.45, 7) is 10.8. The molecule has 27 heavy (non-hydrogen) atoms. The molecule has 0 unspecified atom stereocenters. The van der Waals surface area contributed by atoms with Gasteiger partial charge < -0.3 is 10.6 Å². The molecule has 4 nitrogen and oxygen atoms in total. The first-order valence-corrected chi connectivity index (χ1v) is 10.5. The Hall–Kier alpha value is -1.84. The molecule has 1 aromatic carbocycles. The maximum absolute atomic E-state index is 12.4. The van der Waals surface area contributed by atoms with E-state index >= 15 is 0 Å². The molecular weight excluding hydrogens is 336 g/mol. The van der Waals surface area contributed by atoms with Gasteiger partial charge in [-0.1, -0.05) is 59.6 Å². The third kappa shape index (κ3) is 6.67. The average Bonchev–Trinajstić information content (AvgIpc) is 2.59. The second-order valence-corrected chi connectivity index (χ2v) is 8.78. The van der Waals surface area contributed by atoms with Crippen LogP contribution in [0.1, 0.15) is 78.2 Å². The molecule has 2 N–H and O–H groups in total. The largest absolute Gasteiger partial charge is 0.353 e. The quantitative estimate of drug-likeness (QED) is 0.699. The van der Waals surface area contributed by atoms with E-state index in [9.17, 15) is 9.59 Å². The van der Waals surface area contributed by atoms with E-state index in [1.807, 2.05) is 31.2 Å². The minimum atomic E-state index is -0.0350. The van der Waals surface area contributed by atoms with Crippen LogP contribution in [0.2, 0.25) is 0 Å². The van der Waals surface area contributed by atoms with Crippen LogP contribution in [0.5, 0.6) is 0 Å². The summed E-state index contributed by atoms with van der Waals surface area (Å²) in [4.78, 5) is 24.6. The zero-order valence-electron chi connectivity index (χ0n) is 17.5. The van der Waals surface area contributed by atoms with Crippen molar-refractivity contribution in [2.24, 2.45) is 17.8 Å². The molecule has 0 aromatic heterocycles. The summed E-state index contributed by atoms with van der Waals surface area (Å²) >= 11 is 0. The van der Waals surface area contributed by atoms with E-state index in [0.29, 0.717) is 30.6 Å². The Morgan fingerprint density at radius 1 is 1.00 bits per heavy atom. The maximum atomic E-state index is 12.4. The zero-order chi connectivity index (χ0) is 20.0. The summed E-state index contributed by atoms with van der Waals surface area (Å²) in [7, 11) is 0. The number of nitrogens with one attached hydrogen (secondary N) is 2. The Kier molecular flexibility index (Phi) is 7.88. The van der Waals surface area contributed by atoms with Crippen molar-refractivity contribution in [1.82, 2.24) is 5.32 Å². The maximum Gasteiger partial charge on any atom is 0.224 e. The van der Waals surface area contributed by atoms with Gasteiger partial charge in [0.1, 0.15) is 0 Å². The SMILES string of the molecule is CC(C)c1ccc(NC(=O)C[C@@H](C)CC(=O)N[C@@H]2CCC[C@H](C)[C@H]2C)cc1. The van der Waals surface area contributed by atoms with Gasteiger partial charge in [-0.25, -0.2) is 0 Å². The third-order valence-electron chi connectivity index (χ3n) is 5.98. The lowest BCUT2D eigenvalue weighted by Gasteiger charge is -2.34. The zero-order valence-corrected chi connectivity index (χ0v) is 17.5. The molecule has 4 atom stereocenters. The molecule has 0 radical (unpaired) electrons. The number of carbonyl (C=O) groups is 2. The highest BCUT2D eigenvalue weighted by Crippen LogP contribution is 2.29. The summed E-state index contributed by atoms with van der Waals surface area (Å²) in [6, 6.07) is 8.25. The van der Waals surface area contributed by atoms with Gasteiger partial charge in [0.15, 0.2) is 0 Å². The Labute approximate surface area is 164 Å². The molecule has 0 aliphatic heterocycles. The van der Waals surface area contributed by atoms with Gasteiger partial charge in [0, 0.05) is 24.6 Å². The fraction of sp³-hybridized carbons (Fsp3) is 0.652. The number of rotatable bonds is 7. The van der Waals surface area contributed by atoms with Crippen molar-refractivity contribution in [3.8, 4) is 0 Å². The molecule has 2 amide bonds. The molecule has 1 aliphatic rings. The summed E-state index contributed by atoms with van der Waals surface area (Å²) in [5.41, 5.74) is 2.07. The average molecular weight is 373 g/mol. The van der Waals surface area contributed by atoms with E-state index in [0.717, 1.165) is 12.1 Å². The van der Waals surface area contributed by atoms with E-state index < -0.39 is 0 Å². The monoisotopic (exact) mass is 372 g/mol. The smallest absolute Gasteiger partial charge is 0.224 e. The van der Waals surface area contributed by atoms with Crippen molar-refractivity contribution in [2.45, 2.75) is 78.7 Å². The number of amides is 2. The van der Waals surface area contributed by atoms with Crippen LogP contribution in [0.4, 0.5) is 5.69 Å². The first kappa shape index (κ1) is 21.5. The molecule has 0 heterocycles. The number of hydrogen-bond donors (Lipinski definition) is 2. The molecule has 1 fully saturated rings. The summed E-state index contributed by atoms with van der Waals surface area (Å²) in [5, 5.41) is 6.13. The van der Waals surface area contributed by atoms with Crippen molar-refractivity contribution in [1.29, 1.82) is 0 Å². The molecule has 0 spiro atoms. The van der Waals surface area contributed by atoms with Crippen LogP contribution in [0.3, 0.4) is 0 Å². The van der Waals surface area contributed by atoms with E-state index in [-0.39, 0.29) is 23.8 Å². The van der Waals surface area contributed by atoms with Crippen LogP contribution < -0.4 is 10.6 Å². The van der Waals surface area contributed by atoms with Crippen LogP contribution in [-0.2, 0) is 9.59 Å². The molecule has 4 heteroatoms. The van der Waals surface area contributed by atoms with Crippen molar-refractivity contribution >= 4 is 17.5 Å². The Bertz CT molecular complexity index is 624. The first-order chi connectivity index (χ1) is 12.8. The second-order valence-electron chi connectivity index (χ2n) is 8.78. The number of hydrogen-bond acceptors (Lipinski definition) is 2. The topological polar surface area (TPSA) is 58.2 Å². The van der Waals surface area contributed by atoms with Crippen LogP contribution >= 0.6 is 0 Å². The third-order valence-corrected chi connectivity index (χ3v) is 5.98. The molecule has 0 bridgehead atoms. The normalized spacial score (nSPS) is 23.7. The lowest BCUT2D eigenvalue weighted by molar-refractivity contribution is -0.123. The second kappa shape index (κ2) is 9.91. The lowest BCUT2D eigenvalue weighted by Crippen LogP contribution is -2.44. The Balaban J connectivity index is 1.76. The van der Waals surface area contributed by atoms with Crippen molar-refractivity contribution in [3.05, 3.63) is 29.8 Å². The predicted octanol–water partition coefficient (Wildman–Crippen LogP) is 5.11. The highest BCUT2D eigenvalue weighted by molar-refractivity contribution is 5.91. The predicted molar refractivity (Wildman–Crippen MR) is 112 cm³/mol. The van der Waals surface area contributed by atoms with Gasteiger partial charge in [-0.3, -0.25) is 9.59 Å². The molecule has 1 aromatic rings. The van der Waals surface area contributed by atoms with Gasteiger partial charge in [-0.2, -0.15) is 0 Å². The number of benzene rings is 1. The fourth-order valence-electron chi connectivity index (χ4n) is 3.92. The Morgan fingerprint density at radius 2 is 1.63 bits per heavy atom. The van der Waals surface area contributed by atoms with Gasteiger partial charge in [-0.05, 0) is 47.8 Å². The number of anilines is 1. The molecule has 2 rings (SSSR count). The minimum Gasteiger partial charge on any atom is -0.353 e. The van der Waals surface area contributed by atoms with Crippen LogP contribution in [-0.4, -0.2) is 17.9 Å². The molecular formula is C23H36N2O2. The fourth-order valence-corrected chi connectivity index (χ4v) is 3.92. The molecule has 0 saturated heterocycles. The van der Waals surface area contributed by atoms with E-state index in [1.54, 1.807) is 0 Å². The summed E-state index contributed by atoms with van der Waals surface area (Å²) in [5.74, 6) is 1.72. The van der Waals surface area contributed by atoms with Gasteiger partial charge >= 0.3 is 0 Å².